The van der Waals surface area contributed by atoms with E-state index in [2.05, 4.69) is 4.98 Å². The molecular formula is C15H15F3N2. The van der Waals surface area contributed by atoms with E-state index >= 15 is 0 Å². The molecule has 1 aromatic heterocycles. The van der Waals surface area contributed by atoms with Gasteiger partial charge in [0, 0.05) is 18.4 Å². The van der Waals surface area contributed by atoms with E-state index in [4.69, 9.17) is 5.73 Å². The first-order valence-corrected chi connectivity index (χ1v) is 6.20. The highest BCUT2D eigenvalue weighted by Gasteiger charge is 2.30. The Labute approximate surface area is 115 Å². The Balaban J connectivity index is 2.20. The van der Waals surface area contributed by atoms with Crippen LogP contribution in [0.3, 0.4) is 0 Å². The van der Waals surface area contributed by atoms with E-state index in [1.54, 1.807) is 18.5 Å². The molecule has 0 amide bonds. The van der Waals surface area contributed by atoms with Crippen molar-refractivity contribution in [3.63, 3.8) is 0 Å². The van der Waals surface area contributed by atoms with E-state index < -0.39 is 11.7 Å². The zero-order chi connectivity index (χ0) is 14.8. The highest BCUT2D eigenvalue weighted by atomic mass is 19.4. The molecule has 2 N–H and O–H groups in total. The summed E-state index contributed by atoms with van der Waals surface area (Å²) in [5.41, 5.74) is 7.82. The number of benzene rings is 1. The number of rotatable bonds is 3. The largest absolute Gasteiger partial charge is 0.416 e. The predicted molar refractivity (Wildman–Crippen MR) is 71.1 cm³/mol. The van der Waals surface area contributed by atoms with Gasteiger partial charge in [-0.25, -0.2) is 0 Å². The van der Waals surface area contributed by atoms with Crippen molar-refractivity contribution in [1.29, 1.82) is 0 Å². The van der Waals surface area contributed by atoms with E-state index in [0.717, 1.165) is 23.3 Å². The van der Waals surface area contributed by atoms with Crippen molar-refractivity contribution in [3.05, 3.63) is 65.0 Å². The van der Waals surface area contributed by atoms with Crippen molar-refractivity contribution in [1.82, 2.24) is 4.98 Å². The van der Waals surface area contributed by atoms with Gasteiger partial charge in [-0.3, -0.25) is 4.98 Å². The summed E-state index contributed by atoms with van der Waals surface area (Å²) in [7, 11) is 0. The van der Waals surface area contributed by atoms with E-state index in [1.807, 2.05) is 13.0 Å². The standard InChI is InChI=1S/C15H15F3N2/c1-10-5-6-20-9-13(10)14(19)8-11-3-2-4-12(7-11)15(16,17)18/h2-7,9,14H,8,19H2,1H3. The SMILES string of the molecule is Cc1ccncc1C(N)Cc1cccc(C(F)(F)F)c1. The van der Waals surface area contributed by atoms with Crippen molar-refractivity contribution in [2.45, 2.75) is 25.6 Å². The molecule has 0 radical (unpaired) electrons. The number of aromatic nitrogens is 1. The third-order valence-electron chi connectivity index (χ3n) is 3.19. The highest BCUT2D eigenvalue weighted by molar-refractivity contribution is 5.30. The van der Waals surface area contributed by atoms with Gasteiger partial charge >= 0.3 is 6.18 Å². The third-order valence-corrected chi connectivity index (χ3v) is 3.19. The molecule has 0 aliphatic heterocycles. The molecule has 0 spiro atoms. The molecule has 0 saturated carbocycles. The van der Waals surface area contributed by atoms with Crippen molar-refractivity contribution in [2.24, 2.45) is 5.73 Å². The summed E-state index contributed by atoms with van der Waals surface area (Å²) in [6.07, 6.45) is -0.662. The summed E-state index contributed by atoms with van der Waals surface area (Å²) in [6, 6.07) is 6.73. The van der Waals surface area contributed by atoms with Crippen LogP contribution in [0.2, 0.25) is 0 Å². The molecule has 2 rings (SSSR count). The van der Waals surface area contributed by atoms with Crippen LogP contribution >= 0.6 is 0 Å². The molecule has 0 saturated heterocycles. The lowest BCUT2D eigenvalue weighted by molar-refractivity contribution is -0.137. The van der Waals surface area contributed by atoms with Crippen molar-refractivity contribution in [3.8, 4) is 0 Å². The maximum absolute atomic E-state index is 12.7. The number of nitrogens with two attached hydrogens (primary N) is 1. The van der Waals surface area contributed by atoms with Gasteiger partial charge in [-0.05, 0) is 42.2 Å². The monoisotopic (exact) mass is 280 g/mol. The van der Waals surface area contributed by atoms with Crippen LogP contribution in [0.25, 0.3) is 0 Å². The number of hydrogen-bond acceptors (Lipinski definition) is 2. The number of pyridine rings is 1. The molecule has 2 aromatic rings. The van der Waals surface area contributed by atoms with Crippen LogP contribution < -0.4 is 5.73 Å². The Kier molecular flexibility index (Phi) is 4.09. The summed E-state index contributed by atoms with van der Waals surface area (Å²) in [6.45, 7) is 1.91. The van der Waals surface area contributed by atoms with Gasteiger partial charge in [-0.1, -0.05) is 18.2 Å². The highest BCUT2D eigenvalue weighted by Crippen LogP contribution is 2.30. The van der Waals surface area contributed by atoms with Crippen LogP contribution in [-0.4, -0.2) is 4.98 Å². The Morgan fingerprint density at radius 2 is 2.00 bits per heavy atom. The molecule has 0 aliphatic carbocycles. The molecule has 20 heavy (non-hydrogen) atoms. The zero-order valence-corrected chi connectivity index (χ0v) is 11.0. The molecule has 1 heterocycles. The van der Waals surface area contributed by atoms with Gasteiger partial charge in [0.15, 0.2) is 0 Å². The van der Waals surface area contributed by atoms with Gasteiger partial charge in [-0.2, -0.15) is 13.2 Å². The van der Waals surface area contributed by atoms with Crippen LogP contribution in [0.1, 0.15) is 28.3 Å². The third kappa shape index (κ3) is 3.36. The fraction of sp³-hybridized carbons (Fsp3) is 0.267. The van der Waals surface area contributed by atoms with Gasteiger partial charge in [0.1, 0.15) is 0 Å². The number of alkyl halides is 3. The lowest BCUT2D eigenvalue weighted by Gasteiger charge is -2.15. The summed E-state index contributed by atoms with van der Waals surface area (Å²) in [5, 5.41) is 0. The lowest BCUT2D eigenvalue weighted by atomic mass is 9.97. The number of aryl methyl sites for hydroxylation is 1. The summed E-state index contributed by atoms with van der Waals surface area (Å²) in [5.74, 6) is 0. The first-order valence-electron chi connectivity index (χ1n) is 6.20. The molecular weight excluding hydrogens is 265 g/mol. The van der Waals surface area contributed by atoms with Gasteiger partial charge in [-0.15, -0.1) is 0 Å². The zero-order valence-electron chi connectivity index (χ0n) is 11.0. The molecule has 2 nitrogen and oxygen atoms in total. The van der Waals surface area contributed by atoms with E-state index in [9.17, 15) is 13.2 Å². The quantitative estimate of drug-likeness (QED) is 0.932. The molecule has 0 bridgehead atoms. The average Bonchev–Trinajstić information content (AvgIpc) is 2.38. The van der Waals surface area contributed by atoms with E-state index in [0.29, 0.717) is 12.0 Å². The minimum atomic E-state index is -4.33. The van der Waals surface area contributed by atoms with E-state index in [-0.39, 0.29) is 6.04 Å². The molecule has 1 unspecified atom stereocenters. The smallest absolute Gasteiger partial charge is 0.324 e. The normalized spacial score (nSPS) is 13.2. The van der Waals surface area contributed by atoms with Crippen LogP contribution in [0, 0.1) is 6.92 Å². The minimum absolute atomic E-state index is 0.344. The Morgan fingerprint density at radius 1 is 1.25 bits per heavy atom. The predicted octanol–water partition coefficient (Wildman–Crippen LogP) is 3.65. The Hall–Kier alpha value is -1.88. The molecule has 1 atom stereocenters. The number of hydrogen-bond donors (Lipinski definition) is 1. The maximum atomic E-state index is 12.7. The molecule has 106 valence electrons. The maximum Gasteiger partial charge on any atom is 0.416 e. The summed E-state index contributed by atoms with van der Waals surface area (Å²) >= 11 is 0. The second-order valence-electron chi connectivity index (χ2n) is 4.74. The van der Waals surface area contributed by atoms with Gasteiger partial charge in [0.05, 0.1) is 5.56 Å². The lowest BCUT2D eigenvalue weighted by Crippen LogP contribution is -2.15. The molecule has 0 aliphatic rings. The van der Waals surface area contributed by atoms with Crippen molar-refractivity contribution >= 4 is 0 Å². The molecule has 5 heteroatoms. The first kappa shape index (κ1) is 14.5. The van der Waals surface area contributed by atoms with Crippen LogP contribution in [0.5, 0.6) is 0 Å². The van der Waals surface area contributed by atoms with Crippen LogP contribution in [0.15, 0.2) is 42.7 Å². The fourth-order valence-corrected chi connectivity index (χ4v) is 2.10. The van der Waals surface area contributed by atoms with Crippen molar-refractivity contribution in [2.75, 3.05) is 0 Å². The van der Waals surface area contributed by atoms with Crippen LogP contribution in [0.4, 0.5) is 13.2 Å². The van der Waals surface area contributed by atoms with Gasteiger partial charge in [0.2, 0.25) is 0 Å². The fourth-order valence-electron chi connectivity index (χ4n) is 2.10. The summed E-state index contributed by atoms with van der Waals surface area (Å²) < 4.78 is 38.0. The number of nitrogens with zero attached hydrogens (tertiary/aromatic N) is 1. The van der Waals surface area contributed by atoms with Gasteiger partial charge in [0.25, 0.3) is 0 Å². The van der Waals surface area contributed by atoms with Gasteiger partial charge < -0.3 is 5.73 Å². The second kappa shape index (κ2) is 5.63. The molecule has 0 fully saturated rings. The molecule has 1 aromatic carbocycles. The summed E-state index contributed by atoms with van der Waals surface area (Å²) in [4.78, 5) is 4.01. The first-order chi connectivity index (χ1) is 9.38. The van der Waals surface area contributed by atoms with E-state index in [1.165, 1.54) is 6.07 Å². The average molecular weight is 280 g/mol. The topological polar surface area (TPSA) is 38.9 Å². The van der Waals surface area contributed by atoms with Crippen LogP contribution in [-0.2, 0) is 12.6 Å². The number of halogens is 3. The Bertz CT molecular complexity index is 594. The minimum Gasteiger partial charge on any atom is -0.324 e. The Morgan fingerprint density at radius 3 is 2.65 bits per heavy atom. The second-order valence-corrected chi connectivity index (χ2v) is 4.74. The van der Waals surface area contributed by atoms with Crippen molar-refractivity contribution < 1.29 is 13.2 Å².